The lowest BCUT2D eigenvalue weighted by Gasteiger charge is -2.15. The zero-order valence-electron chi connectivity index (χ0n) is 13.6. The van der Waals surface area contributed by atoms with Crippen LogP contribution >= 0.6 is 11.8 Å². The van der Waals surface area contributed by atoms with Gasteiger partial charge in [-0.25, -0.2) is 4.98 Å². The first-order chi connectivity index (χ1) is 10.6. The van der Waals surface area contributed by atoms with Gasteiger partial charge in [-0.05, 0) is 44.7 Å². The summed E-state index contributed by atoms with van der Waals surface area (Å²) in [6.45, 7) is 8.27. The normalized spacial score (nSPS) is 18.0. The van der Waals surface area contributed by atoms with Gasteiger partial charge < -0.3 is 9.30 Å². The topological polar surface area (TPSA) is 27.1 Å². The van der Waals surface area contributed by atoms with Crippen molar-refractivity contribution in [1.82, 2.24) is 9.55 Å². The van der Waals surface area contributed by atoms with Crippen LogP contribution in [-0.2, 0) is 17.0 Å². The van der Waals surface area contributed by atoms with Crippen LogP contribution in [-0.4, -0.2) is 22.3 Å². The molecule has 2 heterocycles. The quantitative estimate of drug-likeness (QED) is 0.770. The van der Waals surface area contributed by atoms with E-state index in [0.29, 0.717) is 6.10 Å². The summed E-state index contributed by atoms with van der Waals surface area (Å²) in [5.74, 6) is 0.966. The third-order valence-electron chi connectivity index (χ3n) is 4.45. The number of nitrogens with zero attached hydrogens (tertiary/aromatic N) is 2. The molecule has 0 aliphatic carbocycles. The van der Waals surface area contributed by atoms with E-state index in [9.17, 15) is 0 Å². The number of hydrogen-bond acceptors (Lipinski definition) is 3. The van der Waals surface area contributed by atoms with Gasteiger partial charge in [0.05, 0.1) is 18.3 Å². The van der Waals surface area contributed by atoms with Crippen LogP contribution in [0.2, 0.25) is 0 Å². The monoisotopic (exact) mass is 316 g/mol. The summed E-state index contributed by atoms with van der Waals surface area (Å²) in [7, 11) is 0. The minimum absolute atomic E-state index is 0.352. The van der Waals surface area contributed by atoms with Gasteiger partial charge in [-0.3, -0.25) is 0 Å². The van der Waals surface area contributed by atoms with Gasteiger partial charge in [0.2, 0.25) is 0 Å². The van der Waals surface area contributed by atoms with E-state index < -0.39 is 0 Å². The zero-order chi connectivity index (χ0) is 15.5. The van der Waals surface area contributed by atoms with Crippen molar-refractivity contribution in [1.29, 1.82) is 0 Å². The van der Waals surface area contributed by atoms with Crippen LogP contribution in [0, 0.1) is 20.8 Å². The fraction of sp³-hybridized carbons (Fsp3) is 0.500. The van der Waals surface area contributed by atoms with E-state index in [2.05, 4.69) is 49.6 Å². The summed E-state index contributed by atoms with van der Waals surface area (Å²) in [5.41, 5.74) is 5.13. The van der Waals surface area contributed by atoms with E-state index in [1.165, 1.54) is 29.7 Å². The average Bonchev–Trinajstić information content (AvgIpc) is 3.11. The molecule has 0 saturated carbocycles. The number of ether oxygens (including phenoxy) is 1. The number of hydrogen-bond donors (Lipinski definition) is 0. The Labute approximate surface area is 137 Å². The third-order valence-corrected chi connectivity index (χ3v) is 5.48. The molecule has 4 heteroatoms. The molecule has 1 aliphatic rings. The van der Waals surface area contributed by atoms with Crippen molar-refractivity contribution in [2.45, 2.75) is 57.2 Å². The van der Waals surface area contributed by atoms with Gasteiger partial charge in [0.15, 0.2) is 5.16 Å². The Morgan fingerprint density at radius 3 is 2.82 bits per heavy atom. The van der Waals surface area contributed by atoms with Crippen molar-refractivity contribution >= 4 is 11.8 Å². The second kappa shape index (κ2) is 6.88. The fourth-order valence-electron chi connectivity index (χ4n) is 2.86. The van der Waals surface area contributed by atoms with Crippen LogP contribution in [0.25, 0.3) is 0 Å². The Bertz CT molecular complexity index is 645. The van der Waals surface area contributed by atoms with E-state index in [1.54, 1.807) is 0 Å². The number of imidazole rings is 1. The molecule has 0 radical (unpaired) electrons. The maximum Gasteiger partial charge on any atom is 0.168 e. The highest BCUT2D eigenvalue weighted by molar-refractivity contribution is 7.98. The van der Waals surface area contributed by atoms with E-state index in [4.69, 9.17) is 9.72 Å². The van der Waals surface area contributed by atoms with E-state index in [-0.39, 0.29) is 0 Å². The predicted octanol–water partition coefficient (Wildman–Crippen LogP) is 4.28. The molecule has 0 spiro atoms. The highest BCUT2D eigenvalue weighted by Gasteiger charge is 2.20. The van der Waals surface area contributed by atoms with E-state index in [0.717, 1.165) is 29.8 Å². The number of aryl methyl sites for hydroxylation is 2. The molecule has 1 atom stereocenters. The molecule has 0 unspecified atom stereocenters. The first-order valence-electron chi connectivity index (χ1n) is 7.98. The van der Waals surface area contributed by atoms with Crippen molar-refractivity contribution in [3.05, 3.63) is 46.8 Å². The molecule has 1 aromatic carbocycles. The summed E-state index contributed by atoms with van der Waals surface area (Å²) < 4.78 is 8.14. The largest absolute Gasteiger partial charge is 0.376 e. The maximum atomic E-state index is 5.80. The maximum absolute atomic E-state index is 5.80. The van der Waals surface area contributed by atoms with Crippen LogP contribution < -0.4 is 0 Å². The molecular weight excluding hydrogens is 292 g/mol. The Balaban J connectivity index is 1.75. The minimum Gasteiger partial charge on any atom is -0.376 e. The van der Waals surface area contributed by atoms with Gasteiger partial charge >= 0.3 is 0 Å². The Morgan fingerprint density at radius 2 is 2.09 bits per heavy atom. The lowest BCUT2D eigenvalue weighted by molar-refractivity contribution is 0.0945. The van der Waals surface area contributed by atoms with Crippen LogP contribution in [0.3, 0.4) is 0 Å². The van der Waals surface area contributed by atoms with Crippen LogP contribution in [0.1, 0.15) is 35.4 Å². The number of rotatable bonds is 5. The lowest BCUT2D eigenvalue weighted by Crippen LogP contribution is -2.16. The predicted molar refractivity (Wildman–Crippen MR) is 91.4 cm³/mol. The second-order valence-electron chi connectivity index (χ2n) is 6.03. The zero-order valence-corrected chi connectivity index (χ0v) is 14.4. The van der Waals surface area contributed by atoms with Gasteiger partial charge in [0.25, 0.3) is 0 Å². The van der Waals surface area contributed by atoms with Crippen molar-refractivity contribution in [3.63, 3.8) is 0 Å². The van der Waals surface area contributed by atoms with Gasteiger partial charge in [-0.2, -0.15) is 0 Å². The van der Waals surface area contributed by atoms with Crippen LogP contribution in [0.15, 0.2) is 29.4 Å². The Kier molecular flexibility index (Phi) is 4.89. The Morgan fingerprint density at radius 1 is 1.27 bits per heavy atom. The lowest BCUT2D eigenvalue weighted by atomic mass is 10.1. The molecule has 22 heavy (non-hydrogen) atoms. The first-order valence-corrected chi connectivity index (χ1v) is 8.96. The van der Waals surface area contributed by atoms with Crippen molar-refractivity contribution in [2.24, 2.45) is 0 Å². The summed E-state index contributed by atoms with van der Waals surface area (Å²) >= 11 is 1.83. The minimum atomic E-state index is 0.352. The fourth-order valence-corrected chi connectivity index (χ4v) is 4.03. The van der Waals surface area contributed by atoms with Gasteiger partial charge in [0, 0.05) is 18.1 Å². The van der Waals surface area contributed by atoms with E-state index in [1.807, 2.05) is 11.8 Å². The Hall–Kier alpha value is -1.26. The number of aromatic nitrogens is 2. The molecule has 3 nitrogen and oxygen atoms in total. The molecule has 0 bridgehead atoms. The van der Waals surface area contributed by atoms with Gasteiger partial charge in [0.1, 0.15) is 0 Å². The number of thioether (sulfide) groups is 1. The summed E-state index contributed by atoms with van der Waals surface area (Å²) in [6, 6.07) is 8.58. The standard InChI is InChI=1S/C18H24N2OS/c1-13-7-4-5-8-16(13)12-22-18-19-14(2)15(3)20(18)11-17-9-6-10-21-17/h4-5,7-8,17H,6,9-12H2,1-3H3/t17-/m0/s1. The highest BCUT2D eigenvalue weighted by atomic mass is 32.2. The van der Waals surface area contributed by atoms with Crippen molar-refractivity contribution in [3.8, 4) is 0 Å². The smallest absolute Gasteiger partial charge is 0.168 e. The van der Waals surface area contributed by atoms with E-state index >= 15 is 0 Å². The van der Waals surface area contributed by atoms with Gasteiger partial charge in [-0.1, -0.05) is 36.0 Å². The van der Waals surface area contributed by atoms with Crippen molar-refractivity contribution < 1.29 is 4.74 Å². The molecule has 3 rings (SSSR count). The molecular formula is C18H24N2OS. The number of benzene rings is 1. The molecule has 0 N–H and O–H groups in total. The SMILES string of the molecule is Cc1ccccc1CSc1nc(C)c(C)n1C[C@@H]1CCCO1. The highest BCUT2D eigenvalue weighted by Crippen LogP contribution is 2.27. The molecule has 1 saturated heterocycles. The molecule has 118 valence electrons. The average molecular weight is 316 g/mol. The van der Waals surface area contributed by atoms with Crippen LogP contribution in [0.5, 0.6) is 0 Å². The summed E-state index contributed by atoms with van der Waals surface area (Å²) in [6.07, 6.45) is 2.70. The molecule has 1 fully saturated rings. The molecule has 0 amide bonds. The van der Waals surface area contributed by atoms with Crippen molar-refractivity contribution in [2.75, 3.05) is 6.61 Å². The third kappa shape index (κ3) is 3.39. The summed E-state index contributed by atoms with van der Waals surface area (Å²) in [4.78, 5) is 4.77. The molecule has 1 aliphatic heterocycles. The second-order valence-corrected chi connectivity index (χ2v) is 6.97. The van der Waals surface area contributed by atoms with Crippen LogP contribution in [0.4, 0.5) is 0 Å². The first kappa shape index (κ1) is 15.6. The molecule has 2 aromatic rings. The summed E-state index contributed by atoms with van der Waals surface area (Å²) in [5, 5.41) is 1.12. The molecule has 1 aromatic heterocycles. The van der Waals surface area contributed by atoms with Gasteiger partial charge in [-0.15, -0.1) is 0 Å².